The minimum Gasteiger partial charge on any atom is -0.453 e. The van der Waals surface area contributed by atoms with E-state index in [1.807, 2.05) is 0 Å². The van der Waals surface area contributed by atoms with E-state index in [0.717, 1.165) is 6.20 Å². The molecule has 0 spiro atoms. The Morgan fingerprint density at radius 1 is 1.25 bits per heavy atom. The Morgan fingerprint density at radius 3 is 2.50 bits per heavy atom. The van der Waals surface area contributed by atoms with Crippen LogP contribution < -0.4 is 20.7 Å². The number of rotatable bonds is 12. The third-order valence-corrected chi connectivity index (χ3v) is 7.60. The van der Waals surface area contributed by atoms with Gasteiger partial charge in [0.25, 0.3) is 0 Å². The second-order valence-corrected chi connectivity index (χ2v) is 11.2. The van der Waals surface area contributed by atoms with Crippen LogP contribution in [-0.4, -0.2) is 77.1 Å². The van der Waals surface area contributed by atoms with E-state index in [1.165, 1.54) is 32.1 Å². The number of hydrogen-bond acceptors (Lipinski definition) is 10. The number of Topliss-reactive ketones (excluding diaryl/α,β-unsaturated/α-hetero) is 1. The molecule has 1 aromatic rings. The molecule has 3 rings (SSSR count). The zero-order valence-corrected chi connectivity index (χ0v) is 23.1. The molecule has 0 bridgehead atoms. The number of nitrogens with two attached hydrogens (primary N) is 1. The Hall–Kier alpha value is -2.94. The molecule has 1 aromatic carbocycles. The zero-order valence-electron chi connectivity index (χ0n) is 22.2. The third-order valence-electron chi connectivity index (χ3n) is 5.96. The number of ether oxygens (including phenoxy) is 2. The molecule has 222 valence electrons. The SMILES string of the molecule is CC(C)C(=O)[C@H](C)OC(=O)[C@H](C)NP(=O)(OC[C@H]1O[C@@H](N2C=CC(N)NC2=O)C(F)(F)[C@@H]1O)Oc1ccccc1. The van der Waals surface area contributed by atoms with Gasteiger partial charge in [0.05, 0.1) is 12.8 Å². The first kappa shape index (κ1) is 31.6. The van der Waals surface area contributed by atoms with Crippen molar-refractivity contribution in [1.82, 2.24) is 15.3 Å². The zero-order chi connectivity index (χ0) is 29.8. The smallest absolute Gasteiger partial charge is 0.453 e. The molecule has 0 radical (unpaired) electrons. The lowest BCUT2D eigenvalue weighted by Crippen LogP contribution is -2.57. The summed E-state index contributed by atoms with van der Waals surface area (Å²) in [6.07, 6.45) is -6.20. The number of esters is 1. The Kier molecular flexibility index (Phi) is 10.0. The minimum atomic E-state index is -4.53. The number of para-hydroxylation sites is 1. The molecule has 2 unspecified atom stereocenters. The first-order valence-electron chi connectivity index (χ1n) is 12.4. The molecule has 0 aromatic heterocycles. The van der Waals surface area contributed by atoms with Crippen molar-refractivity contribution in [2.24, 2.45) is 11.7 Å². The molecule has 1 saturated heterocycles. The van der Waals surface area contributed by atoms with Crippen LogP contribution in [0.5, 0.6) is 5.75 Å². The van der Waals surface area contributed by atoms with Gasteiger partial charge in [0.1, 0.15) is 17.9 Å². The number of urea groups is 1. The van der Waals surface area contributed by atoms with Crippen molar-refractivity contribution in [3.8, 4) is 5.75 Å². The number of ketones is 1. The van der Waals surface area contributed by atoms with Gasteiger partial charge < -0.3 is 30.2 Å². The van der Waals surface area contributed by atoms with E-state index in [1.54, 1.807) is 32.0 Å². The van der Waals surface area contributed by atoms with Crippen LogP contribution in [0.3, 0.4) is 0 Å². The monoisotopic (exact) mass is 590 g/mol. The number of halogens is 2. The summed E-state index contributed by atoms with van der Waals surface area (Å²) in [5, 5.41) is 14.9. The van der Waals surface area contributed by atoms with Gasteiger partial charge in [-0.25, -0.2) is 9.36 Å². The normalized spacial score (nSPS) is 27.0. The van der Waals surface area contributed by atoms with Crippen LogP contribution in [0.15, 0.2) is 42.6 Å². The summed E-state index contributed by atoms with van der Waals surface area (Å²) in [4.78, 5) is 37.4. The fourth-order valence-electron chi connectivity index (χ4n) is 3.78. The average molecular weight is 591 g/mol. The van der Waals surface area contributed by atoms with Crippen LogP contribution >= 0.6 is 7.75 Å². The van der Waals surface area contributed by atoms with Gasteiger partial charge in [-0.1, -0.05) is 32.0 Å². The molecule has 2 heterocycles. The highest BCUT2D eigenvalue weighted by Crippen LogP contribution is 2.47. The van der Waals surface area contributed by atoms with Gasteiger partial charge in [0.2, 0.25) is 6.23 Å². The topological polar surface area (TPSA) is 179 Å². The molecule has 2 aliphatic rings. The first-order valence-corrected chi connectivity index (χ1v) is 13.9. The number of alkyl halides is 2. The Balaban J connectivity index is 1.74. The number of benzene rings is 1. The largest absolute Gasteiger partial charge is 0.459 e. The third kappa shape index (κ3) is 7.42. The molecule has 16 heteroatoms. The molecule has 1 fully saturated rings. The lowest BCUT2D eigenvalue weighted by molar-refractivity contribution is -0.156. The summed E-state index contributed by atoms with van der Waals surface area (Å²) in [5.41, 5.74) is 5.54. The number of nitrogens with one attached hydrogen (secondary N) is 2. The number of aliphatic hydroxyl groups excluding tert-OH is 1. The van der Waals surface area contributed by atoms with Crippen LogP contribution in [-0.2, 0) is 28.2 Å². The van der Waals surface area contributed by atoms with Crippen molar-refractivity contribution in [2.75, 3.05) is 6.61 Å². The second kappa shape index (κ2) is 12.7. The van der Waals surface area contributed by atoms with Crippen molar-refractivity contribution >= 4 is 25.5 Å². The Morgan fingerprint density at radius 2 is 1.90 bits per heavy atom. The molecule has 2 amide bonds. The molecule has 2 aliphatic heterocycles. The molecule has 5 N–H and O–H groups in total. The molecular weight excluding hydrogens is 557 g/mol. The summed E-state index contributed by atoms with van der Waals surface area (Å²) >= 11 is 0. The lowest BCUT2D eigenvalue weighted by Gasteiger charge is -2.32. The fourth-order valence-corrected chi connectivity index (χ4v) is 5.29. The Bertz CT molecular complexity index is 1160. The van der Waals surface area contributed by atoms with Gasteiger partial charge in [-0.15, -0.1) is 0 Å². The maximum Gasteiger partial charge on any atom is 0.459 e. The van der Waals surface area contributed by atoms with E-state index in [0.29, 0.717) is 4.90 Å². The van der Waals surface area contributed by atoms with Gasteiger partial charge in [-0.2, -0.15) is 13.9 Å². The molecule has 0 aliphatic carbocycles. The van der Waals surface area contributed by atoms with Gasteiger partial charge in [-0.05, 0) is 32.1 Å². The van der Waals surface area contributed by atoms with Crippen LogP contribution in [0.4, 0.5) is 13.6 Å². The molecular formula is C24H33F2N4O9P. The number of amides is 2. The van der Waals surface area contributed by atoms with Crippen LogP contribution in [0.2, 0.25) is 0 Å². The second-order valence-electron chi connectivity index (χ2n) is 9.55. The number of carbonyl (C=O) groups is 3. The fraction of sp³-hybridized carbons (Fsp3) is 0.542. The van der Waals surface area contributed by atoms with E-state index >= 15 is 0 Å². The van der Waals surface area contributed by atoms with E-state index in [2.05, 4.69) is 10.4 Å². The average Bonchev–Trinajstić information content (AvgIpc) is 3.10. The summed E-state index contributed by atoms with van der Waals surface area (Å²) < 4.78 is 64.7. The van der Waals surface area contributed by atoms with Gasteiger partial charge >= 0.3 is 25.7 Å². The van der Waals surface area contributed by atoms with Crippen molar-refractivity contribution in [1.29, 1.82) is 0 Å². The van der Waals surface area contributed by atoms with E-state index < -0.39 is 74.9 Å². The Labute approximate surface area is 229 Å². The molecule has 7 atom stereocenters. The highest BCUT2D eigenvalue weighted by molar-refractivity contribution is 7.52. The van der Waals surface area contributed by atoms with E-state index in [9.17, 15) is 32.8 Å². The van der Waals surface area contributed by atoms with Crippen molar-refractivity contribution < 1.29 is 51.4 Å². The quantitative estimate of drug-likeness (QED) is 0.206. The number of carbonyl (C=O) groups excluding carboxylic acids is 3. The maximum atomic E-state index is 14.9. The lowest BCUT2D eigenvalue weighted by atomic mass is 10.1. The summed E-state index contributed by atoms with van der Waals surface area (Å²) in [6.45, 7) is 5.05. The predicted octanol–water partition coefficient (Wildman–Crippen LogP) is 1.87. The van der Waals surface area contributed by atoms with Gasteiger partial charge in [-0.3, -0.25) is 19.0 Å². The van der Waals surface area contributed by atoms with Crippen molar-refractivity contribution in [3.63, 3.8) is 0 Å². The van der Waals surface area contributed by atoms with E-state index in [4.69, 9.17) is 24.3 Å². The summed E-state index contributed by atoms with van der Waals surface area (Å²) in [7, 11) is -4.53. The van der Waals surface area contributed by atoms with Crippen LogP contribution in [0.1, 0.15) is 27.7 Å². The molecule has 13 nitrogen and oxygen atoms in total. The summed E-state index contributed by atoms with van der Waals surface area (Å²) in [6, 6.07) is 5.33. The summed E-state index contributed by atoms with van der Waals surface area (Å²) in [5.74, 6) is -5.59. The number of aliphatic hydroxyl groups is 1. The molecule has 0 saturated carbocycles. The van der Waals surface area contributed by atoms with Crippen molar-refractivity contribution in [3.05, 3.63) is 42.6 Å². The first-order chi connectivity index (χ1) is 18.6. The molecule has 40 heavy (non-hydrogen) atoms. The highest BCUT2D eigenvalue weighted by atomic mass is 31.2. The van der Waals surface area contributed by atoms with Crippen LogP contribution in [0, 0.1) is 5.92 Å². The minimum absolute atomic E-state index is 0.0461. The van der Waals surface area contributed by atoms with E-state index in [-0.39, 0.29) is 11.5 Å². The van der Waals surface area contributed by atoms with Gasteiger partial charge in [0.15, 0.2) is 18.0 Å². The van der Waals surface area contributed by atoms with Crippen molar-refractivity contribution in [2.45, 2.75) is 70.4 Å². The number of hydrogen-bond donors (Lipinski definition) is 4. The van der Waals surface area contributed by atoms with Crippen LogP contribution in [0.25, 0.3) is 0 Å². The maximum absolute atomic E-state index is 14.9. The standard InChI is InChI=1S/C24H33F2N4O9P/c1-13(2)19(31)15(4)37-21(33)14(3)29-40(35,39-16-8-6-5-7-9-16)36-12-17-20(32)24(25,26)22(38-17)30-11-10-18(27)28-23(30)34/h5-11,13-15,17-18,20,22,32H,12,27H2,1-4H3,(H,28,34)(H,29,35)/t14-,15-,17+,18?,20+,22+,40?/m0/s1. The highest BCUT2D eigenvalue weighted by Gasteiger charge is 2.62. The number of nitrogens with zero attached hydrogens (tertiary/aromatic N) is 1. The predicted molar refractivity (Wildman–Crippen MR) is 136 cm³/mol. The van der Waals surface area contributed by atoms with Gasteiger partial charge in [0, 0.05) is 12.1 Å².